The summed E-state index contributed by atoms with van der Waals surface area (Å²) in [6.07, 6.45) is 6.68. The quantitative estimate of drug-likeness (QED) is 0.562. The SMILES string of the molecule is NC1=NCC2CCCCC2C1. The lowest BCUT2D eigenvalue weighted by Crippen LogP contribution is -2.32. The Morgan fingerprint density at radius 2 is 1.91 bits per heavy atom. The summed E-state index contributed by atoms with van der Waals surface area (Å²) in [4.78, 5) is 4.31. The highest BCUT2D eigenvalue weighted by molar-refractivity contribution is 5.81. The van der Waals surface area contributed by atoms with E-state index in [0.717, 1.165) is 30.6 Å². The van der Waals surface area contributed by atoms with E-state index >= 15 is 0 Å². The van der Waals surface area contributed by atoms with Crippen LogP contribution in [0.15, 0.2) is 4.99 Å². The van der Waals surface area contributed by atoms with Crippen LogP contribution in [0.25, 0.3) is 0 Å². The Kier molecular flexibility index (Phi) is 1.84. The Bertz CT molecular complexity index is 174. The Balaban J connectivity index is 2.04. The highest BCUT2D eigenvalue weighted by atomic mass is 14.9. The molecular weight excluding hydrogens is 136 g/mol. The van der Waals surface area contributed by atoms with Crippen LogP contribution < -0.4 is 5.73 Å². The Morgan fingerprint density at radius 1 is 1.18 bits per heavy atom. The molecule has 1 aliphatic carbocycles. The molecule has 2 N–H and O–H groups in total. The van der Waals surface area contributed by atoms with Gasteiger partial charge in [0.1, 0.15) is 0 Å². The molecule has 2 rings (SSSR count). The molecule has 0 saturated heterocycles. The Hall–Kier alpha value is -0.530. The molecular formula is C9H16N2. The minimum absolute atomic E-state index is 0.871. The van der Waals surface area contributed by atoms with Crippen LogP contribution in [0, 0.1) is 11.8 Å². The topological polar surface area (TPSA) is 38.4 Å². The lowest BCUT2D eigenvalue weighted by Gasteiger charge is -2.33. The molecule has 2 nitrogen and oxygen atoms in total. The van der Waals surface area contributed by atoms with Gasteiger partial charge < -0.3 is 5.73 Å². The maximum atomic E-state index is 5.69. The van der Waals surface area contributed by atoms with Gasteiger partial charge in [-0.25, -0.2) is 0 Å². The van der Waals surface area contributed by atoms with Crippen LogP contribution >= 0.6 is 0 Å². The van der Waals surface area contributed by atoms with E-state index in [1.807, 2.05) is 0 Å². The van der Waals surface area contributed by atoms with Gasteiger partial charge in [-0.3, -0.25) is 4.99 Å². The molecule has 1 fully saturated rings. The molecule has 2 aliphatic rings. The van der Waals surface area contributed by atoms with Crippen molar-refractivity contribution in [1.29, 1.82) is 0 Å². The first-order valence-corrected chi connectivity index (χ1v) is 4.65. The lowest BCUT2D eigenvalue weighted by molar-refractivity contribution is 0.241. The van der Waals surface area contributed by atoms with Crippen molar-refractivity contribution in [2.75, 3.05) is 6.54 Å². The molecule has 11 heavy (non-hydrogen) atoms. The average Bonchev–Trinajstić information content (AvgIpc) is 2.04. The van der Waals surface area contributed by atoms with E-state index in [1.165, 1.54) is 25.7 Å². The number of rotatable bonds is 0. The van der Waals surface area contributed by atoms with Gasteiger partial charge in [-0.1, -0.05) is 12.8 Å². The van der Waals surface area contributed by atoms with Crippen LogP contribution in [-0.2, 0) is 0 Å². The summed E-state index contributed by atoms with van der Waals surface area (Å²) in [7, 11) is 0. The Morgan fingerprint density at radius 3 is 2.73 bits per heavy atom. The summed E-state index contributed by atoms with van der Waals surface area (Å²) in [5, 5.41) is 0. The Labute approximate surface area is 67.9 Å². The van der Waals surface area contributed by atoms with E-state index in [4.69, 9.17) is 5.73 Å². The predicted molar refractivity (Wildman–Crippen MR) is 46.6 cm³/mol. The van der Waals surface area contributed by atoms with Crippen molar-refractivity contribution in [2.24, 2.45) is 22.6 Å². The highest BCUT2D eigenvalue weighted by Gasteiger charge is 2.28. The van der Waals surface area contributed by atoms with E-state index in [-0.39, 0.29) is 0 Å². The third-order valence-electron chi connectivity index (χ3n) is 3.07. The molecule has 0 radical (unpaired) electrons. The third-order valence-corrected chi connectivity index (χ3v) is 3.07. The summed E-state index contributed by atoms with van der Waals surface area (Å²) < 4.78 is 0. The van der Waals surface area contributed by atoms with Crippen molar-refractivity contribution in [2.45, 2.75) is 32.1 Å². The fourth-order valence-electron chi connectivity index (χ4n) is 2.36. The van der Waals surface area contributed by atoms with Gasteiger partial charge in [0.2, 0.25) is 0 Å². The number of amidine groups is 1. The van der Waals surface area contributed by atoms with Crippen LogP contribution in [0.2, 0.25) is 0 Å². The zero-order valence-electron chi connectivity index (χ0n) is 6.92. The molecule has 0 aromatic heterocycles. The molecule has 2 unspecified atom stereocenters. The van der Waals surface area contributed by atoms with Crippen molar-refractivity contribution in [3.05, 3.63) is 0 Å². The standard InChI is InChI=1S/C9H16N2/c10-9-5-7-3-1-2-4-8(7)6-11-9/h7-8H,1-6H2,(H2,10,11). The molecule has 1 heterocycles. The third kappa shape index (κ3) is 1.39. The second-order valence-corrected chi connectivity index (χ2v) is 3.84. The van der Waals surface area contributed by atoms with Gasteiger partial charge in [0.25, 0.3) is 0 Å². The number of nitrogens with two attached hydrogens (primary N) is 1. The fourth-order valence-corrected chi connectivity index (χ4v) is 2.36. The maximum Gasteiger partial charge on any atom is 0.0940 e. The van der Waals surface area contributed by atoms with Crippen molar-refractivity contribution in [1.82, 2.24) is 0 Å². The van der Waals surface area contributed by atoms with Crippen LogP contribution in [0.3, 0.4) is 0 Å². The van der Waals surface area contributed by atoms with E-state index < -0.39 is 0 Å². The molecule has 0 aromatic rings. The number of nitrogens with zero attached hydrogens (tertiary/aromatic N) is 1. The van der Waals surface area contributed by atoms with Crippen molar-refractivity contribution >= 4 is 5.84 Å². The fraction of sp³-hybridized carbons (Fsp3) is 0.889. The lowest BCUT2D eigenvalue weighted by atomic mass is 9.76. The van der Waals surface area contributed by atoms with Crippen LogP contribution in [0.4, 0.5) is 0 Å². The number of hydrogen-bond acceptors (Lipinski definition) is 2. The highest BCUT2D eigenvalue weighted by Crippen LogP contribution is 2.34. The van der Waals surface area contributed by atoms with E-state index in [2.05, 4.69) is 4.99 Å². The summed E-state index contributed by atoms with van der Waals surface area (Å²) >= 11 is 0. The monoisotopic (exact) mass is 152 g/mol. The molecule has 62 valence electrons. The second-order valence-electron chi connectivity index (χ2n) is 3.84. The number of hydrogen-bond donors (Lipinski definition) is 1. The number of fused-ring (bicyclic) bond motifs is 1. The van der Waals surface area contributed by atoms with E-state index in [9.17, 15) is 0 Å². The van der Waals surface area contributed by atoms with Gasteiger partial charge in [0.15, 0.2) is 0 Å². The summed E-state index contributed by atoms with van der Waals surface area (Å²) in [5.41, 5.74) is 5.69. The van der Waals surface area contributed by atoms with Crippen molar-refractivity contribution in [3.8, 4) is 0 Å². The molecule has 0 amide bonds. The van der Waals surface area contributed by atoms with Crippen molar-refractivity contribution < 1.29 is 0 Å². The van der Waals surface area contributed by atoms with Gasteiger partial charge in [0, 0.05) is 13.0 Å². The van der Waals surface area contributed by atoms with Gasteiger partial charge >= 0.3 is 0 Å². The predicted octanol–water partition coefficient (Wildman–Crippen LogP) is 1.55. The smallest absolute Gasteiger partial charge is 0.0940 e. The second kappa shape index (κ2) is 2.84. The zero-order valence-corrected chi connectivity index (χ0v) is 6.92. The molecule has 0 spiro atoms. The largest absolute Gasteiger partial charge is 0.387 e. The molecule has 0 bridgehead atoms. The molecule has 0 aromatic carbocycles. The van der Waals surface area contributed by atoms with Gasteiger partial charge in [-0.05, 0) is 24.7 Å². The summed E-state index contributed by atoms with van der Waals surface area (Å²) in [6.45, 7) is 1.01. The normalized spacial score (nSPS) is 37.6. The molecule has 2 atom stereocenters. The van der Waals surface area contributed by atoms with E-state index in [1.54, 1.807) is 0 Å². The number of aliphatic imine (C=N–C) groups is 1. The first-order valence-electron chi connectivity index (χ1n) is 4.65. The minimum atomic E-state index is 0.871. The van der Waals surface area contributed by atoms with Crippen LogP contribution in [0.5, 0.6) is 0 Å². The van der Waals surface area contributed by atoms with Crippen LogP contribution in [-0.4, -0.2) is 12.4 Å². The first-order chi connectivity index (χ1) is 5.36. The molecule has 1 aliphatic heterocycles. The van der Waals surface area contributed by atoms with Crippen molar-refractivity contribution in [3.63, 3.8) is 0 Å². The zero-order chi connectivity index (χ0) is 7.68. The van der Waals surface area contributed by atoms with E-state index in [0.29, 0.717) is 0 Å². The summed E-state index contributed by atoms with van der Waals surface area (Å²) in [6, 6.07) is 0. The van der Waals surface area contributed by atoms with Gasteiger partial charge in [-0.2, -0.15) is 0 Å². The van der Waals surface area contributed by atoms with Crippen LogP contribution in [0.1, 0.15) is 32.1 Å². The van der Waals surface area contributed by atoms with Gasteiger partial charge in [-0.15, -0.1) is 0 Å². The summed E-state index contributed by atoms with van der Waals surface area (Å²) in [5.74, 6) is 2.64. The minimum Gasteiger partial charge on any atom is -0.387 e. The molecule has 1 saturated carbocycles. The maximum absolute atomic E-state index is 5.69. The molecule has 2 heteroatoms. The first kappa shape index (κ1) is 7.14. The van der Waals surface area contributed by atoms with Gasteiger partial charge in [0.05, 0.1) is 5.84 Å². The average molecular weight is 152 g/mol.